The first-order valence-electron chi connectivity index (χ1n) is 5.12. The van der Waals surface area contributed by atoms with Crippen LogP contribution in [0.15, 0.2) is 18.2 Å². The maximum Gasteiger partial charge on any atom is 0.340 e. The zero-order chi connectivity index (χ0) is 11.7. The summed E-state index contributed by atoms with van der Waals surface area (Å²) in [4.78, 5) is 14.8. The molecule has 0 aliphatic heterocycles. The number of aryl methyl sites for hydroxylation is 1. The molecular weight excluding hydrogens is 206 g/mol. The molecule has 2 N–H and O–H groups in total. The number of aromatic nitrogens is 1. The highest BCUT2D eigenvalue weighted by molar-refractivity contribution is 6.05. The van der Waals surface area contributed by atoms with Gasteiger partial charge in [-0.1, -0.05) is 0 Å². The van der Waals surface area contributed by atoms with Crippen LogP contribution < -0.4 is 0 Å². The number of rotatable bonds is 2. The Bertz CT molecular complexity index is 542. The van der Waals surface area contributed by atoms with Gasteiger partial charge in [0.15, 0.2) is 0 Å². The summed E-state index contributed by atoms with van der Waals surface area (Å²) in [5.74, 6) is -0.166. The number of phenolic OH excluding ortho intramolecular Hbond substituents is 1. The number of nitrogens with one attached hydrogen (secondary N) is 1. The Hall–Kier alpha value is -1.97. The molecule has 2 aromatic rings. The normalized spacial score (nSPS) is 10.6. The first-order valence-corrected chi connectivity index (χ1v) is 5.12. The third kappa shape index (κ3) is 1.62. The van der Waals surface area contributed by atoms with Gasteiger partial charge in [-0.15, -0.1) is 0 Å². The molecule has 0 fully saturated rings. The molecule has 4 heteroatoms. The fourth-order valence-corrected chi connectivity index (χ4v) is 1.79. The number of phenols is 1. The average molecular weight is 219 g/mol. The molecule has 0 spiro atoms. The molecule has 0 atom stereocenters. The second-order valence-electron chi connectivity index (χ2n) is 3.58. The van der Waals surface area contributed by atoms with Crippen molar-refractivity contribution < 1.29 is 14.6 Å². The van der Waals surface area contributed by atoms with Crippen LogP contribution in [0.2, 0.25) is 0 Å². The van der Waals surface area contributed by atoms with E-state index in [1.807, 2.05) is 6.92 Å². The minimum Gasteiger partial charge on any atom is -0.508 e. The molecule has 0 bridgehead atoms. The molecule has 84 valence electrons. The SMILES string of the molecule is CCOC(=O)c1c(C)[nH]c2cc(O)ccc12. The van der Waals surface area contributed by atoms with Gasteiger partial charge in [0.25, 0.3) is 0 Å². The highest BCUT2D eigenvalue weighted by Crippen LogP contribution is 2.25. The van der Waals surface area contributed by atoms with E-state index < -0.39 is 0 Å². The van der Waals surface area contributed by atoms with Gasteiger partial charge in [0.2, 0.25) is 0 Å². The van der Waals surface area contributed by atoms with Crippen molar-refractivity contribution >= 4 is 16.9 Å². The lowest BCUT2D eigenvalue weighted by Crippen LogP contribution is -2.05. The van der Waals surface area contributed by atoms with Crippen LogP contribution in [0.25, 0.3) is 10.9 Å². The first kappa shape index (κ1) is 10.5. The Labute approximate surface area is 92.9 Å². The highest BCUT2D eigenvalue weighted by Gasteiger charge is 2.16. The zero-order valence-corrected chi connectivity index (χ0v) is 9.20. The van der Waals surface area contributed by atoms with Crippen molar-refractivity contribution in [3.8, 4) is 5.75 Å². The van der Waals surface area contributed by atoms with Crippen molar-refractivity contribution in [2.75, 3.05) is 6.61 Å². The Morgan fingerprint density at radius 3 is 2.94 bits per heavy atom. The Kier molecular flexibility index (Phi) is 2.56. The average Bonchev–Trinajstić information content (AvgIpc) is 2.53. The fraction of sp³-hybridized carbons (Fsp3) is 0.250. The third-order valence-electron chi connectivity index (χ3n) is 2.45. The van der Waals surface area contributed by atoms with Crippen LogP contribution in [0.1, 0.15) is 23.0 Å². The standard InChI is InChI=1S/C12H13NO3/c1-3-16-12(15)11-7(2)13-10-6-8(14)4-5-9(10)11/h4-6,13-14H,3H2,1-2H3. The molecule has 4 nitrogen and oxygen atoms in total. The van der Waals surface area contributed by atoms with E-state index in [0.29, 0.717) is 12.2 Å². The van der Waals surface area contributed by atoms with Gasteiger partial charge in [-0.25, -0.2) is 4.79 Å². The number of H-pyrrole nitrogens is 1. The summed E-state index contributed by atoms with van der Waals surface area (Å²) in [7, 11) is 0. The second-order valence-corrected chi connectivity index (χ2v) is 3.58. The predicted octanol–water partition coefficient (Wildman–Crippen LogP) is 2.36. The van der Waals surface area contributed by atoms with Gasteiger partial charge in [0.05, 0.1) is 17.7 Å². The van der Waals surface area contributed by atoms with Crippen molar-refractivity contribution in [1.29, 1.82) is 0 Å². The van der Waals surface area contributed by atoms with Crippen molar-refractivity contribution in [2.24, 2.45) is 0 Å². The quantitative estimate of drug-likeness (QED) is 0.762. The van der Waals surface area contributed by atoms with Gasteiger partial charge in [-0.2, -0.15) is 0 Å². The summed E-state index contributed by atoms with van der Waals surface area (Å²) in [5.41, 5.74) is 2.02. The summed E-state index contributed by atoms with van der Waals surface area (Å²) < 4.78 is 4.98. The first-order chi connectivity index (χ1) is 7.63. The minimum absolute atomic E-state index is 0.171. The lowest BCUT2D eigenvalue weighted by atomic mass is 10.1. The van der Waals surface area contributed by atoms with Crippen LogP contribution in [0.3, 0.4) is 0 Å². The molecule has 0 aliphatic carbocycles. The second kappa shape index (κ2) is 3.89. The molecule has 0 saturated carbocycles. The van der Waals surface area contributed by atoms with E-state index in [4.69, 9.17) is 4.74 Å². The van der Waals surface area contributed by atoms with Crippen LogP contribution in [0, 0.1) is 6.92 Å². The number of aromatic amines is 1. The van der Waals surface area contributed by atoms with Crippen molar-refractivity contribution in [2.45, 2.75) is 13.8 Å². The summed E-state index contributed by atoms with van der Waals surface area (Å²) in [6.45, 7) is 3.93. The number of hydrogen-bond donors (Lipinski definition) is 2. The molecule has 2 rings (SSSR count). The number of fused-ring (bicyclic) bond motifs is 1. The minimum atomic E-state index is -0.336. The molecule has 1 aromatic carbocycles. The monoisotopic (exact) mass is 219 g/mol. The summed E-state index contributed by atoms with van der Waals surface area (Å²) in [6, 6.07) is 4.85. The molecule has 0 amide bonds. The van der Waals surface area contributed by atoms with E-state index in [9.17, 15) is 9.90 Å². The lowest BCUT2D eigenvalue weighted by molar-refractivity contribution is 0.0528. The van der Waals surface area contributed by atoms with Crippen molar-refractivity contribution in [1.82, 2.24) is 4.98 Å². The molecule has 0 aliphatic rings. The van der Waals surface area contributed by atoms with Crippen molar-refractivity contribution in [3.05, 3.63) is 29.5 Å². The van der Waals surface area contributed by atoms with E-state index in [0.717, 1.165) is 16.6 Å². The van der Waals surface area contributed by atoms with E-state index in [1.54, 1.807) is 25.1 Å². The van der Waals surface area contributed by atoms with E-state index in [2.05, 4.69) is 4.98 Å². The van der Waals surface area contributed by atoms with E-state index in [1.165, 1.54) is 0 Å². The number of aromatic hydroxyl groups is 1. The highest BCUT2D eigenvalue weighted by atomic mass is 16.5. The maximum atomic E-state index is 11.7. The number of benzene rings is 1. The van der Waals surface area contributed by atoms with Crippen LogP contribution in [-0.4, -0.2) is 22.7 Å². The molecular formula is C12H13NO3. The number of carbonyl (C=O) groups is 1. The number of carbonyl (C=O) groups excluding carboxylic acids is 1. The molecule has 0 saturated heterocycles. The molecule has 1 aromatic heterocycles. The fourth-order valence-electron chi connectivity index (χ4n) is 1.79. The van der Waals surface area contributed by atoms with Crippen molar-refractivity contribution in [3.63, 3.8) is 0 Å². The van der Waals surface area contributed by atoms with E-state index in [-0.39, 0.29) is 11.7 Å². The van der Waals surface area contributed by atoms with Gasteiger partial charge in [0, 0.05) is 17.1 Å². The van der Waals surface area contributed by atoms with Gasteiger partial charge >= 0.3 is 5.97 Å². The summed E-state index contributed by atoms with van der Waals surface area (Å²) in [5, 5.41) is 10.1. The summed E-state index contributed by atoms with van der Waals surface area (Å²) in [6.07, 6.45) is 0. The predicted molar refractivity (Wildman–Crippen MR) is 60.7 cm³/mol. The largest absolute Gasteiger partial charge is 0.508 e. The molecule has 0 radical (unpaired) electrons. The van der Waals surface area contributed by atoms with Gasteiger partial charge in [-0.05, 0) is 26.0 Å². The van der Waals surface area contributed by atoms with Gasteiger partial charge in [-0.3, -0.25) is 0 Å². The Balaban J connectivity index is 2.60. The van der Waals surface area contributed by atoms with Crippen LogP contribution in [0.4, 0.5) is 0 Å². The smallest absolute Gasteiger partial charge is 0.340 e. The zero-order valence-electron chi connectivity index (χ0n) is 9.20. The Morgan fingerprint density at radius 1 is 1.50 bits per heavy atom. The number of ether oxygens (including phenoxy) is 1. The van der Waals surface area contributed by atoms with Gasteiger partial charge < -0.3 is 14.8 Å². The lowest BCUT2D eigenvalue weighted by Gasteiger charge is -2.01. The summed E-state index contributed by atoms with van der Waals surface area (Å²) >= 11 is 0. The molecule has 0 unspecified atom stereocenters. The van der Waals surface area contributed by atoms with Crippen LogP contribution >= 0.6 is 0 Å². The molecule has 16 heavy (non-hydrogen) atoms. The molecule has 1 heterocycles. The van der Waals surface area contributed by atoms with Crippen LogP contribution in [0.5, 0.6) is 5.75 Å². The third-order valence-corrected chi connectivity index (χ3v) is 2.45. The maximum absolute atomic E-state index is 11.7. The van der Waals surface area contributed by atoms with Crippen LogP contribution in [-0.2, 0) is 4.74 Å². The number of hydrogen-bond acceptors (Lipinski definition) is 3. The van der Waals surface area contributed by atoms with Gasteiger partial charge in [0.1, 0.15) is 5.75 Å². The number of esters is 1. The van der Waals surface area contributed by atoms with E-state index >= 15 is 0 Å². The Morgan fingerprint density at radius 2 is 2.25 bits per heavy atom. The topological polar surface area (TPSA) is 62.3 Å².